The molecule has 9 heteroatoms. The van der Waals surface area contributed by atoms with Crippen molar-refractivity contribution in [1.29, 1.82) is 0 Å². The minimum Gasteiger partial charge on any atom is -0.466 e. The minimum absolute atomic E-state index is 0.147. The summed E-state index contributed by atoms with van der Waals surface area (Å²) >= 11 is 13.5. The maximum absolute atomic E-state index is 11.6. The van der Waals surface area contributed by atoms with Crippen LogP contribution in [0.25, 0.3) is 11.4 Å². The predicted octanol–water partition coefficient (Wildman–Crippen LogP) is 3.51. The first kappa shape index (κ1) is 16.3. The van der Waals surface area contributed by atoms with Crippen molar-refractivity contribution in [1.82, 2.24) is 14.9 Å². The van der Waals surface area contributed by atoms with Crippen LogP contribution >= 0.6 is 35.0 Å². The van der Waals surface area contributed by atoms with Gasteiger partial charge < -0.3 is 4.74 Å². The molecular formula is C14H12Cl2N4O2S. The zero-order valence-electron chi connectivity index (χ0n) is 12.1. The molecule has 0 saturated carbocycles. The third-order valence-electron chi connectivity index (χ3n) is 3.00. The highest BCUT2D eigenvalue weighted by molar-refractivity contribution is 7.99. The zero-order chi connectivity index (χ0) is 16.4. The molecule has 120 valence electrons. The van der Waals surface area contributed by atoms with Crippen LogP contribution in [0.15, 0.2) is 28.5 Å². The molecule has 23 heavy (non-hydrogen) atoms. The van der Waals surface area contributed by atoms with Crippen LogP contribution in [0.3, 0.4) is 0 Å². The summed E-state index contributed by atoms with van der Waals surface area (Å²) < 4.78 is 6.56. The lowest BCUT2D eigenvalue weighted by Crippen LogP contribution is -2.18. The van der Waals surface area contributed by atoms with Gasteiger partial charge in [-0.15, -0.1) is 10.2 Å². The summed E-state index contributed by atoms with van der Waals surface area (Å²) in [6.07, 6.45) is 0.147. The van der Waals surface area contributed by atoms with E-state index >= 15 is 0 Å². The first-order valence-electron chi connectivity index (χ1n) is 6.84. The lowest BCUT2D eigenvalue weighted by atomic mass is 10.2. The van der Waals surface area contributed by atoms with Crippen molar-refractivity contribution >= 4 is 46.6 Å². The highest BCUT2D eigenvalue weighted by Crippen LogP contribution is 2.30. The number of thioether (sulfide) groups is 1. The van der Waals surface area contributed by atoms with Crippen LogP contribution in [0.4, 0.5) is 0 Å². The van der Waals surface area contributed by atoms with Gasteiger partial charge in [0.05, 0.1) is 18.7 Å². The average Bonchev–Trinajstić information content (AvgIpc) is 2.89. The Morgan fingerprint density at radius 2 is 2.04 bits per heavy atom. The summed E-state index contributed by atoms with van der Waals surface area (Å²) in [5, 5.41) is 14.4. The summed E-state index contributed by atoms with van der Waals surface area (Å²) in [7, 11) is 0. The van der Waals surface area contributed by atoms with Crippen molar-refractivity contribution < 1.29 is 9.53 Å². The van der Waals surface area contributed by atoms with Gasteiger partial charge in [-0.2, -0.15) is 9.78 Å². The topological polar surface area (TPSA) is 69.4 Å². The SMILES string of the molecule is CCOC(=O)CC1=Nn2c(nnc2-c2cc(Cl)cc(Cl)c2)SC1. The van der Waals surface area contributed by atoms with Gasteiger partial charge in [0.2, 0.25) is 5.16 Å². The van der Waals surface area contributed by atoms with Gasteiger partial charge in [0.1, 0.15) is 0 Å². The highest BCUT2D eigenvalue weighted by Gasteiger charge is 2.22. The second kappa shape index (κ2) is 6.90. The van der Waals surface area contributed by atoms with E-state index in [0.717, 1.165) is 0 Å². The molecule has 0 unspecified atom stereocenters. The van der Waals surface area contributed by atoms with Crippen molar-refractivity contribution in [2.24, 2.45) is 5.10 Å². The number of aromatic nitrogens is 3. The Hall–Kier alpha value is -1.57. The van der Waals surface area contributed by atoms with Crippen molar-refractivity contribution in [3.05, 3.63) is 28.2 Å². The number of carbonyl (C=O) groups excluding carboxylic acids is 1. The van der Waals surface area contributed by atoms with Crippen molar-refractivity contribution in [3.63, 3.8) is 0 Å². The van der Waals surface area contributed by atoms with Gasteiger partial charge in [0.25, 0.3) is 0 Å². The van der Waals surface area contributed by atoms with Gasteiger partial charge in [-0.3, -0.25) is 4.79 Å². The van der Waals surface area contributed by atoms with Crippen LogP contribution < -0.4 is 0 Å². The average molecular weight is 371 g/mol. The number of fused-ring (bicyclic) bond motifs is 1. The lowest BCUT2D eigenvalue weighted by molar-refractivity contribution is -0.141. The minimum atomic E-state index is -0.296. The Bertz CT molecular complexity index is 771. The van der Waals surface area contributed by atoms with E-state index in [1.165, 1.54) is 11.8 Å². The third kappa shape index (κ3) is 3.68. The van der Waals surface area contributed by atoms with Gasteiger partial charge in [-0.1, -0.05) is 35.0 Å². The number of benzene rings is 1. The first-order valence-corrected chi connectivity index (χ1v) is 8.58. The number of esters is 1. The van der Waals surface area contributed by atoms with E-state index in [-0.39, 0.29) is 12.4 Å². The first-order chi connectivity index (χ1) is 11.1. The fourth-order valence-electron chi connectivity index (χ4n) is 2.09. The normalized spacial score (nSPS) is 13.4. The molecule has 0 N–H and O–H groups in total. The number of hydrogen-bond donors (Lipinski definition) is 0. The second-order valence-electron chi connectivity index (χ2n) is 4.71. The summed E-state index contributed by atoms with van der Waals surface area (Å²) in [5.74, 6) is 0.807. The Morgan fingerprint density at radius 1 is 1.30 bits per heavy atom. The van der Waals surface area contributed by atoms with Gasteiger partial charge in [0, 0.05) is 21.4 Å². The fraction of sp³-hybridized carbons (Fsp3) is 0.286. The largest absolute Gasteiger partial charge is 0.466 e. The molecule has 6 nitrogen and oxygen atoms in total. The molecule has 1 aliphatic heterocycles. The number of ether oxygens (including phenoxy) is 1. The molecule has 1 aromatic heterocycles. The maximum atomic E-state index is 11.6. The lowest BCUT2D eigenvalue weighted by Gasteiger charge is -2.13. The molecule has 2 heterocycles. The quantitative estimate of drug-likeness (QED) is 0.770. The van der Waals surface area contributed by atoms with E-state index in [4.69, 9.17) is 27.9 Å². The number of nitrogens with zero attached hydrogens (tertiary/aromatic N) is 4. The summed E-state index contributed by atoms with van der Waals surface area (Å²) in [5.41, 5.74) is 1.41. The van der Waals surface area contributed by atoms with Crippen LogP contribution in [0.5, 0.6) is 0 Å². The smallest absolute Gasteiger partial charge is 0.311 e. The molecule has 0 aliphatic carbocycles. The fourth-order valence-corrected chi connectivity index (χ4v) is 3.42. The Labute approximate surface area is 146 Å². The molecular weight excluding hydrogens is 359 g/mol. The standard InChI is InChI=1S/C14H12Cl2N4O2S/c1-2-22-12(21)6-11-7-23-14-18-17-13(20(14)19-11)8-3-9(15)5-10(16)4-8/h3-5H,2,6-7H2,1H3. The predicted molar refractivity (Wildman–Crippen MR) is 90.3 cm³/mol. The van der Waals surface area contributed by atoms with Gasteiger partial charge >= 0.3 is 5.97 Å². The summed E-state index contributed by atoms with van der Waals surface area (Å²) in [6.45, 7) is 2.12. The molecule has 3 rings (SSSR count). The Morgan fingerprint density at radius 3 is 2.74 bits per heavy atom. The molecule has 0 spiro atoms. The van der Waals surface area contributed by atoms with Crippen molar-refractivity contribution in [2.75, 3.05) is 12.4 Å². The molecule has 0 saturated heterocycles. The molecule has 0 atom stereocenters. The molecule has 0 bridgehead atoms. The summed E-state index contributed by atoms with van der Waals surface area (Å²) in [4.78, 5) is 11.6. The van der Waals surface area contributed by atoms with E-state index in [0.29, 0.717) is 44.7 Å². The van der Waals surface area contributed by atoms with Gasteiger partial charge in [-0.25, -0.2) is 0 Å². The van der Waals surface area contributed by atoms with Gasteiger partial charge in [-0.05, 0) is 25.1 Å². The van der Waals surface area contributed by atoms with E-state index in [2.05, 4.69) is 15.3 Å². The number of carbonyl (C=O) groups is 1. The van der Waals surface area contributed by atoms with Crippen molar-refractivity contribution in [3.8, 4) is 11.4 Å². The van der Waals surface area contributed by atoms with Crippen LogP contribution in [0.2, 0.25) is 10.0 Å². The van der Waals surface area contributed by atoms with E-state index in [1.807, 2.05) is 0 Å². The third-order valence-corrected chi connectivity index (χ3v) is 4.42. The van der Waals surface area contributed by atoms with E-state index < -0.39 is 0 Å². The summed E-state index contributed by atoms with van der Waals surface area (Å²) in [6, 6.07) is 5.12. The molecule has 1 aromatic carbocycles. The van der Waals surface area contributed by atoms with Crippen LogP contribution in [0, 0.1) is 0 Å². The monoisotopic (exact) mass is 370 g/mol. The Kier molecular flexibility index (Phi) is 4.89. The van der Waals surface area contributed by atoms with Gasteiger partial charge in [0.15, 0.2) is 5.82 Å². The maximum Gasteiger partial charge on any atom is 0.311 e. The van der Waals surface area contributed by atoms with Crippen LogP contribution in [-0.4, -0.2) is 38.9 Å². The number of hydrogen-bond acceptors (Lipinski definition) is 6. The zero-order valence-corrected chi connectivity index (χ0v) is 14.5. The number of halogens is 2. The van der Waals surface area contributed by atoms with Crippen molar-refractivity contribution in [2.45, 2.75) is 18.5 Å². The van der Waals surface area contributed by atoms with Crippen LogP contribution in [-0.2, 0) is 9.53 Å². The second-order valence-corrected chi connectivity index (χ2v) is 6.53. The van der Waals surface area contributed by atoms with E-state index in [1.54, 1.807) is 29.8 Å². The molecule has 0 radical (unpaired) electrons. The van der Waals surface area contributed by atoms with E-state index in [9.17, 15) is 4.79 Å². The highest BCUT2D eigenvalue weighted by atomic mass is 35.5. The van der Waals surface area contributed by atoms with Crippen LogP contribution in [0.1, 0.15) is 13.3 Å². The number of rotatable bonds is 4. The molecule has 1 aliphatic rings. The Balaban J connectivity index is 1.94. The molecule has 0 fully saturated rings. The molecule has 2 aromatic rings. The molecule has 0 amide bonds.